The highest BCUT2D eigenvalue weighted by Gasteiger charge is 2.25. The highest BCUT2D eigenvalue weighted by molar-refractivity contribution is 7.19. The third-order valence-corrected chi connectivity index (χ3v) is 8.50. The van der Waals surface area contributed by atoms with E-state index in [0.29, 0.717) is 0 Å². The van der Waals surface area contributed by atoms with Crippen LogP contribution in [0.2, 0.25) is 0 Å². The Bertz CT molecular complexity index is 1190. The predicted octanol–water partition coefficient (Wildman–Crippen LogP) is 5.02. The van der Waals surface area contributed by atoms with Gasteiger partial charge in [0.25, 0.3) is 0 Å². The summed E-state index contributed by atoms with van der Waals surface area (Å²) in [4.78, 5) is 21.9. The van der Waals surface area contributed by atoms with E-state index in [-0.39, 0.29) is 0 Å². The van der Waals surface area contributed by atoms with Crippen LogP contribution in [0.15, 0.2) is 42.0 Å². The van der Waals surface area contributed by atoms with Gasteiger partial charge in [-0.05, 0) is 31.2 Å². The van der Waals surface area contributed by atoms with Gasteiger partial charge in [-0.2, -0.15) is 0 Å². The van der Waals surface area contributed by atoms with Crippen molar-refractivity contribution >= 4 is 38.7 Å². The second kappa shape index (κ2) is 8.30. The van der Waals surface area contributed by atoms with Gasteiger partial charge in [0.05, 0.1) is 11.1 Å². The van der Waals surface area contributed by atoms with Gasteiger partial charge in [-0.15, -0.1) is 22.7 Å². The van der Waals surface area contributed by atoms with Crippen LogP contribution in [-0.4, -0.2) is 46.0 Å². The van der Waals surface area contributed by atoms with Crippen molar-refractivity contribution in [3.8, 4) is 10.6 Å². The molecular weight excluding hydrogens is 422 g/mol. The molecule has 0 amide bonds. The van der Waals surface area contributed by atoms with Crippen molar-refractivity contribution in [2.24, 2.45) is 0 Å². The molecule has 4 heterocycles. The van der Waals surface area contributed by atoms with E-state index in [4.69, 9.17) is 9.97 Å². The van der Waals surface area contributed by atoms with Crippen LogP contribution in [0.4, 0.5) is 5.82 Å². The lowest BCUT2D eigenvalue weighted by Gasteiger charge is -2.35. The molecule has 1 aliphatic carbocycles. The first-order chi connectivity index (χ1) is 15.3. The lowest BCUT2D eigenvalue weighted by molar-refractivity contribution is 0.247. The number of thiazole rings is 1. The number of hydrogen-bond acceptors (Lipinski definition) is 7. The van der Waals surface area contributed by atoms with E-state index < -0.39 is 0 Å². The first-order valence-electron chi connectivity index (χ1n) is 11.1. The zero-order valence-electron chi connectivity index (χ0n) is 17.5. The molecular formula is C24H25N5S2. The van der Waals surface area contributed by atoms with Gasteiger partial charge >= 0.3 is 0 Å². The number of benzene rings is 1. The molecule has 158 valence electrons. The lowest BCUT2D eigenvalue weighted by Crippen LogP contribution is -2.46. The summed E-state index contributed by atoms with van der Waals surface area (Å²) in [6.07, 6.45) is 6.75. The molecule has 4 aromatic rings. The van der Waals surface area contributed by atoms with E-state index in [9.17, 15) is 0 Å². The molecule has 2 aliphatic rings. The number of fused-ring (bicyclic) bond motifs is 3. The summed E-state index contributed by atoms with van der Waals surface area (Å²) in [5, 5.41) is 4.66. The third kappa shape index (κ3) is 3.75. The minimum absolute atomic E-state index is 0.921. The Morgan fingerprint density at radius 2 is 1.77 bits per heavy atom. The van der Waals surface area contributed by atoms with E-state index in [1.54, 1.807) is 22.5 Å². The molecule has 0 bridgehead atoms. The quantitative estimate of drug-likeness (QED) is 0.440. The summed E-state index contributed by atoms with van der Waals surface area (Å²) >= 11 is 3.63. The topological polar surface area (TPSA) is 45.2 Å². The smallest absolute Gasteiger partial charge is 0.141 e. The number of piperazine rings is 1. The maximum atomic E-state index is 4.88. The normalized spacial score (nSPS) is 17.2. The summed E-state index contributed by atoms with van der Waals surface area (Å²) in [5.41, 5.74) is 3.91. The van der Waals surface area contributed by atoms with Crippen molar-refractivity contribution < 1.29 is 0 Å². The molecule has 0 unspecified atom stereocenters. The Kier molecular flexibility index (Phi) is 5.18. The zero-order valence-corrected chi connectivity index (χ0v) is 19.1. The van der Waals surface area contributed by atoms with Gasteiger partial charge in [-0.1, -0.05) is 30.3 Å². The second-order valence-electron chi connectivity index (χ2n) is 8.36. The summed E-state index contributed by atoms with van der Waals surface area (Å²) < 4.78 is 0. The van der Waals surface area contributed by atoms with Crippen molar-refractivity contribution in [2.45, 2.75) is 32.2 Å². The molecule has 31 heavy (non-hydrogen) atoms. The molecule has 5 nitrogen and oxygen atoms in total. The number of nitrogens with zero attached hydrogens (tertiary/aromatic N) is 5. The fourth-order valence-electron chi connectivity index (χ4n) is 4.75. The number of aryl methyl sites for hydroxylation is 2. The van der Waals surface area contributed by atoms with Gasteiger partial charge in [0.1, 0.15) is 22.0 Å². The van der Waals surface area contributed by atoms with Gasteiger partial charge in [0.15, 0.2) is 0 Å². The first-order valence-corrected chi connectivity index (χ1v) is 12.8. The van der Waals surface area contributed by atoms with E-state index in [2.05, 4.69) is 50.5 Å². The maximum Gasteiger partial charge on any atom is 0.141 e. The van der Waals surface area contributed by atoms with Crippen molar-refractivity contribution in [1.82, 2.24) is 19.9 Å². The third-order valence-electron chi connectivity index (χ3n) is 6.36. The van der Waals surface area contributed by atoms with Gasteiger partial charge in [0, 0.05) is 48.5 Å². The molecule has 6 rings (SSSR count). The summed E-state index contributed by atoms with van der Waals surface area (Å²) in [6.45, 7) is 5.01. The highest BCUT2D eigenvalue weighted by atomic mass is 32.1. The van der Waals surface area contributed by atoms with Crippen LogP contribution >= 0.6 is 22.7 Å². The molecule has 0 spiro atoms. The Hall–Kier alpha value is -2.35. The van der Waals surface area contributed by atoms with Crippen LogP contribution in [0.1, 0.15) is 29.0 Å². The van der Waals surface area contributed by atoms with E-state index in [0.717, 1.165) is 43.5 Å². The van der Waals surface area contributed by atoms with Gasteiger partial charge in [-0.25, -0.2) is 15.0 Å². The van der Waals surface area contributed by atoms with E-state index >= 15 is 0 Å². The summed E-state index contributed by atoms with van der Waals surface area (Å²) in [5.74, 6) is 1.16. The lowest BCUT2D eigenvalue weighted by atomic mass is 9.97. The van der Waals surface area contributed by atoms with Crippen LogP contribution in [0.25, 0.3) is 20.8 Å². The minimum Gasteiger partial charge on any atom is -0.353 e. The second-order valence-corrected chi connectivity index (χ2v) is 10.3. The largest absolute Gasteiger partial charge is 0.353 e. The average Bonchev–Trinajstić information content (AvgIpc) is 3.45. The van der Waals surface area contributed by atoms with E-state index in [1.165, 1.54) is 52.7 Å². The molecule has 3 aromatic heterocycles. The molecule has 1 aromatic carbocycles. The summed E-state index contributed by atoms with van der Waals surface area (Å²) in [7, 11) is 0. The summed E-state index contributed by atoms with van der Waals surface area (Å²) in [6, 6.07) is 10.5. The number of anilines is 1. The van der Waals surface area contributed by atoms with E-state index in [1.807, 2.05) is 11.3 Å². The SMILES string of the molecule is c1ccc(-c2nc(CN3CCN(c4ncnc5sc6c(c45)CCCC6)CC3)cs2)cc1. The monoisotopic (exact) mass is 447 g/mol. The van der Waals surface area contributed by atoms with Gasteiger partial charge < -0.3 is 4.90 Å². The van der Waals surface area contributed by atoms with Crippen LogP contribution in [-0.2, 0) is 19.4 Å². The number of rotatable bonds is 4. The Morgan fingerprint density at radius 3 is 2.65 bits per heavy atom. The molecule has 1 aliphatic heterocycles. The molecule has 0 N–H and O–H groups in total. The predicted molar refractivity (Wildman–Crippen MR) is 129 cm³/mol. The number of hydrogen-bond donors (Lipinski definition) is 0. The van der Waals surface area contributed by atoms with Gasteiger partial charge in [-0.3, -0.25) is 4.90 Å². The fourth-order valence-corrected chi connectivity index (χ4v) is 6.79. The Labute approximate surface area is 190 Å². The molecule has 1 fully saturated rings. The molecule has 0 atom stereocenters. The molecule has 0 saturated carbocycles. The average molecular weight is 448 g/mol. The maximum absolute atomic E-state index is 4.88. The minimum atomic E-state index is 0.921. The molecule has 1 saturated heterocycles. The molecule has 0 radical (unpaired) electrons. The van der Waals surface area contributed by atoms with Crippen molar-refractivity contribution in [1.29, 1.82) is 0 Å². The van der Waals surface area contributed by atoms with Crippen LogP contribution in [0.3, 0.4) is 0 Å². The van der Waals surface area contributed by atoms with Crippen molar-refractivity contribution in [3.05, 3.63) is 58.2 Å². The zero-order chi connectivity index (χ0) is 20.6. The number of aromatic nitrogens is 3. The van der Waals surface area contributed by atoms with Crippen LogP contribution in [0, 0.1) is 0 Å². The standard InChI is InChI=1S/C24H25N5S2/c1-2-6-17(7-3-1)23-27-18(15-30-23)14-28-10-12-29(13-11-28)22-21-19-8-4-5-9-20(19)31-24(21)26-16-25-22/h1-3,6-7,15-16H,4-5,8-14H2. The van der Waals surface area contributed by atoms with Crippen molar-refractivity contribution in [3.63, 3.8) is 0 Å². The molecule has 7 heteroatoms. The van der Waals surface area contributed by atoms with Crippen LogP contribution in [0.5, 0.6) is 0 Å². The van der Waals surface area contributed by atoms with Crippen molar-refractivity contribution in [2.75, 3.05) is 31.1 Å². The fraction of sp³-hybridized carbons (Fsp3) is 0.375. The number of thiophene rings is 1. The first kappa shape index (κ1) is 19.3. The Morgan fingerprint density at radius 1 is 0.935 bits per heavy atom. The Balaban J connectivity index is 1.16. The highest BCUT2D eigenvalue weighted by Crippen LogP contribution is 2.39. The van der Waals surface area contributed by atoms with Crippen LogP contribution < -0.4 is 4.90 Å². The van der Waals surface area contributed by atoms with Gasteiger partial charge in [0.2, 0.25) is 0 Å².